The minimum atomic E-state index is -0.308. The highest BCUT2D eigenvalue weighted by Crippen LogP contribution is 2.19. The predicted molar refractivity (Wildman–Crippen MR) is 89.4 cm³/mol. The summed E-state index contributed by atoms with van der Waals surface area (Å²) < 4.78 is 0. The number of hydrogen-bond acceptors (Lipinski definition) is 4. The van der Waals surface area contributed by atoms with E-state index in [0.717, 1.165) is 18.8 Å². The lowest BCUT2D eigenvalue weighted by atomic mass is 10.1. The van der Waals surface area contributed by atoms with Crippen molar-refractivity contribution in [2.24, 2.45) is 0 Å². The summed E-state index contributed by atoms with van der Waals surface area (Å²) >= 11 is 0. The fourth-order valence-corrected chi connectivity index (χ4v) is 2.74. The van der Waals surface area contributed by atoms with Gasteiger partial charge in [-0.25, -0.2) is 4.98 Å². The Bertz CT molecular complexity index is 727. The first kappa shape index (κ1) is 15.0. The van der Waals surface area contributed by atoms with E-state index in [0.29, 0.717) is 16.9 Å². The van der Waals surface area contributed by atoms with Crippen molar-refractivity contribution in [3.8, 4) is 6.07 Å². The molecule has 0 unspecified atom stereocenters. The molecule has 5 nitrogen and oxygen atoms in total. The van der Waals surface area contributed by atoms with Crippen LogP contribution in [0, 0.1) is 11.3 Å². The third kappa shape index (κ3) is 3.49. The van der Waals surface area contributed by atoms with Gasteiger partial charge in [-0.2, -0.15) is 5.26 Å². The Hall–Kier alpha value is -2.87. The van der Waals surface area contributed by atoms with Gasteiger partial charge in [-0.05, 0) is 43.5 Å². The minimum absolute atomic E-state index is 0.308. The number of aromatic nitrogens is 1. The van der Waals surface area contributed by atoms with Crippen LogP contribution in [0.2, 0.25) is 0 Å². The maximum Gasteiger partial charge on any atom is 0.274 e. The maximum absolute atomic E-state index is 12.3. The zero-order valence-electron chi connectivity index (χ0n) is 12.8. The number of hydrogen-bond donors (Lipinski definition) is 1. The number of pyridine rings is 1. The molecule has 5 heteroatoms. The lowest BCUT2D eigenvalue weighted by molar-refractivity contribution is 0.102. The van der Waals surface area contributed by atoms with Crippen molar-refractivity contribution in [1.29, 1.82) is 5.26 Å². The number of benzene rings is 1. The Kier molecular flexibility index (Phi) is 4.53. The second-order valence-electron chi connectivity index (χ2n) is 5.56. The van der Waals surface area contributed by atoms with E-state index in [9.17, 15) is 4.79 Å². The molecule has 2 aromatic rings. The molecule has 0 spiro atoms. The number of piperidine rings is 1. The number of carbonyl (C=O) groups is 1. The Morgan fingerprint density at radius 2 is 1.91 bits per heavy atom. The molecule has 3 rings (SSSR count). The van der Waals surface area contributed by atoms with Crippen molar-refractivity contribution in [2.75, 3.05) is 23.3 Å². The summed E-state index contributed by atoms with van der Waals surface area (Å²) in [4.78, 5) is 18.8. The monoisotopic (exact) mass is 306 g/mol. The highest BCUT2D eigenvalue weighted by atomic mass is 16.1. The van der Waals surface area contributed by atoms with Crippen LogP contribution >= 0.6 is 0 Å². The molecule has 0 bridgehead atoms. The van der Waals surface area contributed by atoms with Crippen molar-refractivity contribution in [1.82, 2.24) is 4.98 Å². The summed E-state index contributed by atoms with van der Waals surface area (Å²) in [5, 5.41) is 11.8. The normalized spacial score (nSPS) is 14.1. The van der Waals surface area contributed by atoms with E-state index in [1.54, 1.807) is 36.5 Å². The van der Waals surface area contributed by atoms with E-state index in [4.69, 9.17) is 5.26 Å². The van der Waals surface area contributed by atoms with Crippen LogP contribution < -0.4 is 10.2 Å². The highest BCUT2D eigenvalue weighted by Gasteiger charge is 2.13. The van der Waals surface area contributed by atoms with E-state index in [1.807, 2.05) is 6.07 Å². The standard InChI is InChI=1S/C18H18N4O/c19-12-14-6-2-3-7-16(14)21-18(23)17-9-8-15(13-20-17)22-10-4-1-5-11-22/h2-3,6-9,13H,1,4-5,10-11H2,(H,21,23). The van der Waals surface area contributed by atoms with Crippen LogP contribution in [0.3, 0.4) is 0 Å². The Morgan fingerprint density at radius 3 is 2.61 bits per heavy atom. The van der Waals surface area contributed by atoms with Gasteiger partial charge >= 0.3 is 0 Å². The maximum atomic E-state index is 12.3. The second-order valence-corrected chi connectivity index (χ2v) is 5.56. The summed E-state index contributed by atoms with van der Waals surface area (Å²) in [7, 11) is 0. The number of nitriles is 1. The van der Waals surface area contributed by atoms with Gasteiger partial charge in [0, 0.05) is 13.1 Å². The summed E-state index contributed by atoms with van der Waals surface area (Å²) in [6.07, 6.45) is 5.43. The first-order valence-corrected chi connectivity index (χ1v) is 7.79. The molecule has 23 heavy (non-hydrogen) atoms. The molecule has 1 fully saturated rings. The number of nitrogens with one attached hydrogen (secondary N) is 1. The molecule has 0 radical (unpaired) electrons. The second kappa shape index (κ2) is 6.93. The molecule has 1 aliphatic rings. The zero-order valence-corrected chi connectivity index (χ0v) is 12.8. The van der Waals surface area contributed by atoms with Gasteiger partial charge in [-0.3, -0.25) is 4.79 Å². The Morgan fingerprint density at radius 1 is 1.13 bits per heavy atom. The SMILES string of the molecule is N#Cc1ccccc1NC(=O)c1ccc(N2CCCCC2)cn1. The van der Waals surface area contributed by atoms with E-state index < -0.39 is 0 Å². The fraction of sp³-hybridized carbons (Fsp3) is 0.278. The number of anilines is 2. The molecule has 1 saturated heterocycles. The van der Waals surface area contributed by atoms with Crippen molar-refractivity contribution >= 4 is 17.3 Å². The van der Waals surface area contributed by atoms with Crippen molar-refractivity contribution < 1.29 is 4.79 Å². The van der Waals surface area contributed by atoms with Crippen LogP contribution in [0.15, 0.2) is 42.6 Å². The van der Waals surface area contributed by atoms with Crippen molar-refractivity contribution in [3.63, 3.8) is 0 Å². The predicted octanol–water partition coefficient (Wildman–Crippen LogP) is 3.20. The van der Waals surface area contributed by atoms with Crippen molar-refractivity contribution in [2.45, 2.75) is 19.3 Å². The molecule has 0 aliphatic carbocycles. The Balaban J connectivity index is 1.71. The van der Waals surface area contributed by atoms with E-state index in [-0.39, 0.29) is 5.91 Å². The van der Waals surface area contributed by atoms with Gasteiger partial charge in [0.15, 0.2) is 0 Å². The first-order valence-electron chi connectivity index (χ1n) is 7.79. The fourth-order valence-electron chi connectivity index (χ4n) is 2.74. The third-order valence-corrected chi connectivity index (χ3v) is 4.00. The van der Waals surface area contributed by atoms with Gasteiger partial charge in [0.25, 0.3) is 5.91 Å². The molecule has 1 N–H and O–H groups in total. The zero-order chi connectivity index (χ0) is 16.1. The number of nitrogens with zero attached hydrogens (tertiary/aromatic N) is 3. The van der Waals surface area contributed by atoms with Crippen LogP contribution in [-0.2, 0) is 0 Å². The number of para-hydroxylation sites is 1. The molecule has 116 valence electrons. The van der Waals surface area contributed by atoms with Gasteiger partial charge in [-0.15, -0.1) is 0 Å². The van der Waals surface area contributed by atoms with Gasteiger partial charge in [0.2, 0.25) is 0 Å². The number of rotatable bonds is 3. The van der Waals surface area contributed by atoms with Crippen LogP contribution in [0.25, 0.3) is 0 Å². The lowest BCUT2D eigenvalue weighted by Gasteiger charge is -2.28. The smallest absolute Gasteiger partial charge is 0.274 e. The first-order chi connectivity index (χ1) is 11.3. The molecule has 2 heterocycles. The average Bonchev–Trinajstić information content (AvgIpc) is 2.63. The molecule has 0 atom stereocenters. The molecule has 1 amide bonds. The summed E-state index contributed by atoms with van der Waals surface area (Å²) in [6.45, 7) is 2.09. The molecule has 1 aliphatic heterocycles. The van der Waals surface area contributed by atoms with Crippen LogP contribution in [0.4, 0.5) is 11.4 Å². The van der Waals surface area contributed by atoms with Gasteiger partial charge in [-0.1, -0.05) is 12.1 Å². The van der Waals surface area contributed by atoms with Gasteiger partial charge < -0.3 is 10.2 Å². The Labute approximate surface area is 135 Å². The number of carbonyl (C=O) groups excluding carboxylic acids is 1. The van der Waals surface area contributed by atoms with Gasteiger partial charge in [0.05, 0.1) is 23.1 Å². The molecular weight excluding hydrogens is 288 g/mol. The van der Waals surface area contributed by atoms with Gasteiger partial charge in [0.1, 0.15) is 11.8 Å². The molecule has 1 aromatic heterocycles. The van der Waals surface area contributed by atoms with E-state index >= 15 is 0 Å². The quantitative estimate of drug-likeness (QED) is 0.945. The minimum Gasteiger partial charge on any atom is -0.370 e. The third-order valence-electron chi connectivity index (χ3n) is 4.00. The lowest BCUT2D eigenvalue weighted by Crippen LogP contribution is -2.29. The van der Waals surface area contributed by atoms with Crippen LogP contribution in [-0.4, -0.2) is 24.0 Å². The van der Waals surface area contributed by atoms with Crippen molar-refractivity contribution in [3.05, 3.63) is 53.9 Å². The number of amides is 1. The van der Waals surface area contributed by atoms with E-state index in [1.165, 1.54) is 19.3 Å². The molecular formula is C18H18N4O. The van der Waals surface area contributed by atoms with Crippen LogP contribution in [0.5, 0.6) is 0 Å². The molecule has 1 aromatic carbocycles. The average molecular weight is 306 g/mol. The van der Waals surface area contributed by atoms with Crippen LogP contribution in [0.1, 0.15) is 35.3 Å². The topological polar surface area (TPSA) is 69.0 Å². The summed E-state index contributed by atoms with van der Waals surface area (Å²) in [5.74, 6) is -0.308. The summed E-state index contributed by atoms with van der Waals surface area (Å²) in [5.41, 5.74) is 2.34. The largest absolute Gasteiger partial charge is 0.370 e. The highest BCUT2D eigenvalue weighted by molar-refractivity contribution is 6.03. The summed E-state index contributed by atoms with van der Waals surface area (Å²) in [6, 6.07) is 12.6. The van der Waals surface area contributed by atoms with E-state index in [2.05, 4.69) is 21.3 Å². The molecule has 0 saturated carbocycles.